The van der Waals surface area contributed by atoms with Crippen molar-refractivity contribution >= 4 is 21.6 Å². The molecular weight excluding hydrogens is 280 g/mol. The van der Waals surface area contributed by atoms with Crippen LogP contribution in [0.5, 0.6) is 0 Å². The van der Waals surface area contributed by atoms with Gasteiger partial charge in [-0.1, -0.05) is 29.8 Å². The first-order valence-electron chi connectivity index (χ1n) is 5.77. The van der Waals surface area contributed by atoms with Crippen LogP contribution in [0.3, 0.4) is 0 Å². The predicted molar refractivity (Wildman–Crippen MR) is 76.3 cm³/mol. The molecule has 1 unspecified atom stereocenters. The summed E-state index contributed by atoms with van der Waals surface area (Å²) in [6, 6.07) is 8.09. The average Bonchev–Trinajstić information content (AvgIpc) is 2.31. The molecule has 0 saturated heterocycles. The van der Waals surface area contributed by atoms with E-state index >= 15 is 0 Å². The zero-order valence-corrected chi connectivity index (χ0v) is 12.3. The van der Waals surface area contributed by atoms with Gasteiger partial charge in [0.05, 0.1) is 12.1 Å². The van der Waals surface area contributed by atoms with Crippen LogP contribution >= 0.6 is 15.9 Å². The third kappa shape index (κ3) is 3.69. The van der Waals surface area contributed by atoms with Crippen molar-refractivity contribution in [1.29, 1.82) is 0 Å². The molecule has 0 bridgehead atoms. The second kappa shape index (κ2) is 6.38. The van der Waals surface area contributed by atoms with Crippen LogP contribution in [0, 0.1) is 5.92 Å². The Morgan fingerprint density at radius 1 is 1.35 bits per heavy atom. The molecule has 0 aliphatic rings. The number of methoxy groups -OCH3 is 1. The van der Waals surface area contributed by atoms with Gasteiger partial charge < -0.3 is 15.8 Å². The van der Waals surface area contributed by atoms with Gasteiger partial charge in [-0.15, -0.1) is 0 Å². The van der Waals surface area contributed by atoms with E-state index in [1.165, 1.54) is 0 Å². The number of anilines is 1. The monoisotopic (exact) mass is 300 g/mol. The van der Waals surface area contributed by atoms with Gasteiger partial charge in [-0.3, -0.25) is 0 Å². The van der Waals surface area contributed by atoms with E-state index in [1.807, 2.05) is 24.3 Å². The first kappa shape index (κ1) is 14.5. The van der Waals surface area contributed by atoms with Crippen molar-refractivity contribution in [2.75, 3.05) is 25.6 Å². The Labute approximate surface area is 112 Å². The summed E-state index contributed by atoms with van der Waals surface area (Å²) in [6.45, 7) is 5.43. The summed E-state index contributed by atoms with van der Waals surface area (Å²) >= 11 is 3.42. The second-order valence-electron chi connectivity index (χ2n) is 4.58. The molecule has 0 aliphatic heterocycles. The molecule has 1 atom stereocenters. The lowest BCUT2D eigenvalue weighted by molar-refractivity contribution is 0.121. The third-order valence-corrected chi connectivity index (χ3v) is 3.64. The molecule has 0 spiro atoms. The number of halogens is 1. The summed E-state index contributed by atoms with van der Waals surface area (Å²) in [5.41, 5.74) is 6.76. The first-order chi connectivity index (χ1) is 8.04. The van der Waals surface area contributed by atoms with E-state index in [0.717, 1.165) is 10.2 Å². The fourth-order valence-corrected chi connectivity index (χ4v) is 2.04. The number of hydrogen-bond acceptors (Lipinski definition) is 3. The Morgan fingerprint density at radius 3 is 2.35 bits per heavy atom. The van der Waals surface area contributed by atoms with E-state index in [0.29, 0.717) is 19.1 Å². The highest BCUT2D eigenvalue weighted by molar-refractivity contribution is 9.10. The van der Waals surface area contributed by atoms with Gasteiger partial charge in [0.15, 0.2) is 0 Å². The molecule has 0 amide bonds. The lowest BCUT2D eigenvalue weighted by Gasteiger charge is -2.37. The maximum Gasteiger partial charge on any atom is 0.0751 e. The molecule has 3 nitrogen and oxygen atoms in total. The van der Waals surface area contributed by atoms with Crippen molar-refractivity contribution in [2.45, 2.75) is 19.4 Å². The SMILES string of the molecule is COCC(CN)(Nc1ccc(Br)cc1)C(C)C. The summed E-state index contributed by atoms with van der Waals surface area (Å²) in [5, 5.41) is 3.50. The molecule has 1 aromatic carbocycles. The molecule has 17 heavy (non-hydrogen) atoms. The topological polar surface area (TPSA) is 47.3 Å². The number of nitrogens with two attached hydrogens (primary N) is 1. The van der Waals surface area contributed by atoms with Crippen LogP contribution in [0.15, 0.2) is 28.7 Å². The van der Waals surface area contributed by atoms with E-state index < -0.39 is 0 Å². The van der Waals surface area contributed by atoms with Gasteiger partial charge in [-0.05, 0) is 30.2 Å². The standard InChI is InChI=1S/C13H21BrN2O/c1-10(2)13(8-15,9-17-3)16-12-6-4-11(14)5-7-12/h4-7,10,16H,8-9,15H2,1-3H3. The fraction of sp³-hybridized carbons (Fsp3) is 0.538. The minimum atomic E-state index is -0.220. The van der Waals surface area contributed by atoms with Gasteiger partial charge in [0.25, 0.3) is 0 Å². The van der Waals surface area contributed by atoms with Crippen LogP contribution in [0.4, 0.5) is 5.69 Å². The Hall–Kier alpha value is -0.580. The smallest absolute Gasteiger partial charge is 0.0751 e. The van der Waals surface area contributed by atoms with Crippen LogP contribution < -0.4 is 11.1 Å². The zero-order chi connectivity index (χ0) is 12.9. The van der Waals surface area contributed by atoms with Crippen LogP contribution in [-0.2, 0) is 4.74 Å². The Morgan fingerprint density at radius 2 is 1.94 bits per heavy atom. The molecule has 0 aromatic heterocycles. The van der Waals surface area contributed by atoms with E-state index in [4.69, 9.17) is 10.5 Å². The van der Waals surface area contributed by atoms with Crippen molar-refractivity contribution in [3.05, 3.63) is 28.7 Å². The molecule has 0 radical (unpaired) electrons. The van der Waals surface area contributed by atoms with E-state index in [9.17, 15) is 0 Å². The van der Waals surface area contributed by atoms with Gasteiger partial charge in [0.2, 0.25) is 0 Å². The van der Waals surface area contributed by atoms with Gasteiger partial charge in [-0.2, -0.15) is 0 Å². The highest BCUT2D eigenvalue weighted by Gasteiger charge is 2.32. The molecular formula is C13H21BrN2O. The lowest BCUT2D eigenvalue weighted by atomic mass is 9.86. The maximum absolute atomic E-state index is 5.92. The molecule has 4 heteroatoms. The maximum atomic E-state index is 5.92. The second-order valence-corrected chi connectivity index (χ2v) is 5.50. The minimum absolute atomic E-state index is 0.220. The van der Waals surface area contributed by atoms with E-state index in [1.54, 1.807) is 7.11 Å². The van der Waals surface area contributed by atoms with Crippen molar-refractivity contribution < 1.29 is 4.74 Å². The number of ether oxygens (including phenoxy) is 1. The summed E-state index contributed by atoms with van der Waals surface area (Å²) in [5.74, 6) is 0.385. The van der Waals surface area contributed by atoms with Crippen molar-refractivity contribution in [2.24, 2.45) is 11.7 Å². The van der Waals surface area contributed by atoms with Crippen LogP contribution in [0.1, 0.15) is 13.8 Å². The summed E-state index contributed by atoms with van der Waals surface area (Å²) < 4.78 is 6.37. The van der Waals surface area contributed by atoms with Gasteiger partial charge in [0.1, 0.15) is 0 Å². The largest absolute Gasteiger partial charge is 0.382 e. The quantitative estimate of drug-likeness (QED) is 0.849. The van der Waals surface area contributed by atoms with Crippen LogP contribution in [-0.4, -0.2) is 25.8 Å². The number of hydrogen-bond donors (Lipinski definition) is 2. The Kier molecular flexibility index (Phi) is 5.43. The van der Waals surface area contributed by atoms with Gasteiger partial charge in [-0.25, -0.2) is 0 Å². The molecule has 0 heterocycles. The number of benzene rings is 1. The van der Waals surface area contributed by atoms with Crippen LogP contribution in [0.25, 0.3) is 0 Å². The average molecular weight is 301 g/mol. The fourth-order valence-electron chi connectivity index (χ4n) is 1.77. The Bertz CT molecular complexity index is 340. The lowest BCUT2D eigenvalue weighted by Crippen LogP contribution is -2.53. The number of rotatable bonds is 6. The molecule has 1 rings (SSSR count). The summed E-state index contributed by atoms with van der Waals surface area (Å²) in [7, 11) is 1.70. The van der Waals surface area contributed by atoms with E-state index in [2.05, 4.69) is 35.1 Å². The summed E-state index contributed by atoms with van der Waals surface area (Å²) in [6.07, 6.45) is 0. The van der Waals surface area contributed by atoms with E-state index in [-0.39, 0.29) is 5.54 Å². The normalized spacial score (nSPS) is 14.7. The van der Waals surface area contributed by atoms with Crippen molar-refractivity contribution in [3.63, 3.8) is 0 Å². The molecule has 96 valence electrons. The predicted octanol–water partition coefficient (Wildman–Crippen LogP) is 2.86. The highest BCUT2D eigenvalue weighted by Crippen LogP contribution is 2.24. The number of nitrogens with one attached hydrogen (secondary N) is 1. The molecule has 0 saturated carbocycles. The zero-order valence-electron chi connectivity index (χ0n) is 10.7. The minimum Gasteiger partial charge on any atom is -0.382 e. The highest BCUT2D eigenvalue weighted by atomic mass is 79.9. The first-order valence-corrected chi connectivity index (χ1v) is 6.56. The van der Waals surface area contributed by atoms with Crippen molar-refractivity contribution in [1.82, 2.24) is 0 Å². The molecule has 3 N–H and O–H groups in total. The molecule has 0 aliphatic carbocycles. The van der Waals surface area contributed by atoms with Crippen molar-refractivity contribution in [3.8, 4) is 0 Å². The summed E-state index contributed by atoms with van der Waals surface area (Å²) in [4.78, 5) is 0. The molecule has 1 aromatic rings. The third-order valence-electron chi connectivity index (χ3n) is 3.11. The van der Waals surface area contributed by atoms with Gasteiger partial charge >= 0.3 is 0 Å². The van der Waals surface area contributed by atoms with Crippen LogP contribution in [0.2, 0.25) is 0 Å². The molecule has 0 fully saturated rings. The van der Waals surface area contributed by atoms with Gasteiger partial charge in [0, 0.05) is 23.8 Å². The Balaban J connectivity index is 2.88.